The van der Waals surface area contributed by atoms with Crippen LogP contribution < -0.4 is 0 Å². The fourth-order valence-corrected chi connectivity index (χ4v) is 1.85. The Morgan fingerprint density at radius 3 is 2.55 bits per heavy atom. The molecule has 0 bridgehead atoms. The number of aliphatic carboxylic acids is 1. The van der Waals surface area contributed by atoms with Gasteiger partial charge in [0.2, 0.25) is 0 Å². The number of rotatable bonds is 3. The molecule has 0 amide bonds. The molecule has 0 aromatic heterocycles. The van der Waals surface area contributed by atoms with Gasteiger partial charge in [0.1, 0.15) is 0 Å². The molecule has 1 saturated carbocycles. The van der Waals surface area contributed by atoms with Crippen LogP contribution in [0.5, 0.6) is 0 Å². The largest absolute Gasteiger partial charge is 0.481 e. The Balaban J connectivity index is 2.37. The fourth-order valence-electron chi connectivity index (χ4n) is 1.85. The molecule has 0 aromatic rings. The zero-order chi connectivity index (χ0) is 8.27. The summed E-state index contributed by atoms with van der Waals surface area (Å²) in [5.41, 5.74) is 0. The van der Waals surface area contributed by atoms with Crippen LogP contribution >= 0.6 is 0 Å². The second-order valence-corrected chi connectivity index (χ2v) is 3.23. The van der Waals surface area contributed by atoms with Crippen molar-refractivity contribution >= 4 is 5.97 Å². The smallest absolute Gasteiger partial charge is 0.303 e. The number of carbonyl (C=O) groups is 1. The van der Waals surface area contributed by atoms with Gasteiger partial charge in [-0.05, 0) is 24.7 Å². The molecule has 2 N–H and O–H groups in total. The third-order valence-corrected chi connectivity index (χ3v) is 2.49. The summed E-state index contributed by atoms with van der Waals surface area (Å²) in [6.07, 6.45) is 3.26. The molecule has 0 aliphatic heterocycles. The molecule has 0 spiro atoms. The van der Waals surface area contributed by atoms with Gasteiger partial charge in [0.25, 0.3) is 0 Å². The van der Waals surface area contributed by atoms with E-state index >= 15 is 0 Å². The van der Waals surface area contributed by atoms with E-state index in [9.17, 15) is 4.79 Å². The monoisotopic (exact) mass is 158 g/mol. The maximum Gasteiger partial charge on any atom is 0.303 e. The van der Waals surface area contributed by atoms with Crippen LogP contribution in [0.15, 0.2) is 0 Å². The molecule has 1 aliphatic rings. The Morgan fingerprint density at radius 2 is 2.00 bits per heavy atom. The molecule has 1 rings (SSSR count). The van der Waals surface area contributed by atoms with Crippen molar-refractivity contribution in [1.29, 1.82) is 0 Å². The van der Waals surface area contributed by atoms with Gasteiger partial charge in [-0.2, -0.15) is 0 Å². The molecule has 0 heterocycles. The van der Waals surface area contributed by atoms with Crippen molar-refractivity contribution in [3.63, 3.8) is 0 Å². The van der Waals surface area contributed by atoms with Crippen LogP contribution in [0.4, 0.5) is 0 Å². The fraction of sp³-hybridized carbons (Fsp3) is 0.875. The molecular weight excluding hydrogens is 144 g/mol. The van der Waals surface area contributed by atoms with Gasteiger partial charge in [0, 0.05) is 13.0 Å². The molecule has 0 saturated heterocycles. The predicted molar refractivity (Wildman–Crippen MR) is 40.2 cm³/mol. The van der Waals surface area contributed by atoms with Gasteiger partial charge >= 0.3 is 5.97 Å². The molecule has 3 heteroatoms. The summed E-state index contributed by atoms with van der Waals surface area (Å²) in [5, 5.41) is 17.4. The summed E-state index contributed by atoms with van der Waals surface area (Å²) in [6.45, 7) is 0.151. The summed E-state index contributed by atoms with van der Waals surface area (Å²) in [7, 11) is 0. The lowest BCUT2D eigenvalue weighted by Crippen LogP contribution is -2.15. The first-order valence-electron chi connectivity index (χ1n) is 4.06. The molecule has 1 unspecified atom stereocenters. The SMILES string of the molecule is O=C(O)C[C@H]1CCCC1CO. The van der Waals surface area contributed by atoms with Gasteiger partial charge in [0.05, 0.1) is 0 Å². The number of carboxylic acid groups (broad SMARTS) is 1. The predicted octanol–water partition coefficient (Wildman–Crippen LogP) is 0.870. The first-order chi connectivity index (χ1) is 5.24. The van der Waals surface area contributed by atoms with Crippen molar-refractivity contribution in [2.24, 2.45) is 11.8 Å². The van der Waals surface area contributed by atoms with Gasteiger partial charge in [-0.15, -0.1) is 0 Å². The normalized spacial score (nSPS) is 30.6. The highest BCUT2D eigenvalue weighted by Gasteiger charge is 2.27. The average Bonchev–Trinajstić information content (AvgIpc) is 2.34. The van der Waals surface area contributed by atoms with E-state index in [2.05, 4.69) is 0 Å². The van der Waals surface area contributed by atoms with Gasteiger partial charge in [-0.25, -0.2) is 0 Å². The van der Waals surface area contributed by atoms with Crippen LogP contribution in [0.1, 0.15) is 25.7 Å². The van der Waals surface area contributed by atoms with E-state index in [1.165, 1.54) is 0 Å². The third-order valence-electron chi connectivity index (χ3n) is 2.49. The van der Waals surface area contributed by atoms with Crippen molar-refractivity contribution in [3.05, 3.63) is 0 Å². The van der Waals surface area contributed by atoms with Crippen LogP contribution in [-0.2, 0) is 4.79 Å². The standard InChI is InChI=1S/C8H14O3/c9-5-7-3-1-2-6(7)4-8(10)11/h6-7,9H,1-5H2,(H,10,11)/t6-,7?/m1/s1. The van der Waals surface area contributed by atoms with E-state index in [0.717, 1.165) is 19.3 Å². The first-order valence-corrected chi connectivity index (χ1v) is 4.06. The lowest BCUT2D eigenvalue weighted by molar-refractivity contribution is -0.138. The summed E-state index contributed by atoms with van der Waals surface area (Å²) in [5.74, 6) is -0.279. The van der Waals surface area contributed by atoms with Crippen molar-refractivity contribution in [2.75, 3.05) is 6.61 Å². The van der Waals surface area contributed by atoms with E-state index in [1.54, 1.807) is 0 Å². The number of hydrogen-bond donors (Lipinski definition) is 2. The van der Waals surface area contributed by atoms with E-state index in [0.29, 0.717) is 0 Å². The highest BCUT2D eigenvalue weighted by Crippen LogP contribution is 2.33. The van der Waals surface area contributed by atoms with E-state index in [4.69, 9.17) is 10.2 Å². The molecule has 0 aromatic carbocycles. The Morgan fingerprint density at radius 1 is 1.36 bits per heavy atom. The molecule has 64 valence electrons. The lowest BCUT2D eigenvalue weighted by Gasteiger charge is -2.13. The topological polar surface area (TPSA) is 57.5 Å². The van der Waals surface area contributed by atoms with Crippen LogP contribution in [0.3, 0.4) is 0 Å². The van der Waals surface area contributed by atoms with Crippen molar-refractivity contribution in [1.82, 2.24) is 0 Å². The molecule has 2 atom stereocenters. The van der Waals surface area contributed by atoms with Crippen LogP contribution in [0.2, 0.25) is 0 Å². The average molecular weight is 158 g/mol. The van der Waals surface area contributed by atoms with E-state index in [1.807, 2.05) is 0 Å². The first kappa shape index (κ1) is 8.53. The minimum Gasteiger partial charge on any atom is -0.481 e. The van der Waals surface area contributed by atoms with E-state index < -0.39 is 5.97 Å². The minimum atomic E-state index is -0.740. The number of carboxylic acids is 1. The maximum atomic E-state index is 10.3. The molecule has 1 fully saturated rings. The molecule has 1 aliphatic carbocycles. The van der Waals surface area contributed by atoms with Gasteiger partial charge in [-0.1, -0.05) is 6.42 Å². The van der Waals surface area contributed by atoms with E-state index in [-0.39, 0.29) is 24.9 Å². The zero-order valence-electron chi connectivity index (χ0n) is 6.49. The number of aliphatic hydroxyl groups excluding tert-OH is 1. The minimum absolute atomic E-state index is 0.151. The Kier molecular flexibility index (Phi) is 2.88. The van der Waals surface area contributed by atoms with Gasteiger partial charge in [0.15, 0.2) is 0 Å². The van der Waals surface area contributed by atoms with Crippen molar-refractivity contribution in [2.45, 2.75) is 25.7 Å². The summed E-state index contributed by atoms with van der Waals surface area (Å²) in [4.78, 5) is 10.3. The quantitative estimate of drug-likeness (QED) is 0.640. The van der Waals surface area contributed by atoms with Crippen LogP contribution in [0, 0.1) is 11.8 Å². The van der Waals surface area contributed by atoms with Crippen LogP contribution in [-0.4, -0.2) is 22.8 Å². The number of hydrogen-bond acceptors (Lipinski definition) is 2. The maximum absolute atomic E-state index is 10.3. The van der Waals surface area contributed by atoms with Crippen LogP contribution in [0.25, 0.3) is 0 Å². The lowest BCUT2D eigenvalue weighted by atomic mass is 9.94. The highest BCUT2D eigenvalue weighted by molar-refractivity contribution is 5.67. The summed E-state index contributed by atoms with van der Waals surface area (Å²) in [6, 6.07) is 0. The Hall–Kier alpha value is -0.570. The molecule has 3 nitrogen and oxygen atoms in total. The highest BCUT2D eigenvalue weighted by atomic mass is 16.4. The second kappa shape index (κ2) is 3.72. The molecular formula is C8H14O3. The van der Waals surface area contributed by atoms with Gasteiger partial charge in [-0.3, -0.25) is 4.79 Å². The van der Waals surface area contributed by atoms with Gasteiger partial charge < -0.3 is 10.2 Å². The van der Waals surface area contributed by atoms with Crippen molar-refractivity contribution < 1.29 is 15.0 Å². The van der Waals surface area contributed by atoms with Crippen molar-refractivity contribution in [3.8, 4) is 0 Å². The second-order valence-electron chi connectivity index (χ2n) is 3.23. The molecule has 0 radical (unpaired) electrons. The number of aliphatic hydroxyl groups is 1. The Bertz CT molecular complexity index is 144. The molecule has 11 heavy (non-hydrogen) atoms. The summed E-state index contributed by atoms with van der Waals surface area (Å²) < 4.78 is 0. The third kappa shape index (κ3) is 2.19. The summed E-state index contributed by atoms with van der Waals surface area (Å²) >= 11 is 0. The Labute approximate surface area is 66.0 Å². The zero-order valence-corrected chi connectivity index (χ0v) is 6.49.